The molecular weight excluding hydrogens is 530 g/mol. The molecule has 0 aliphatic rings. The largest absolute Gasteiger partial charge is 0.478 e. The summed E-state index contributed by atoms with van der Waals surface area (Å²) in [7, 11) is 0. The third-order valence-corrected chi connectivity index (χ3v) is 4.17. The molecule has 0 spiro atoms. The second-order valence-corrected chi connectivity index (χ2v) is 7.52. The summed E-state index contributed by atoms with van der Waals surface area (Å²) in [6, 6.07) is 7.58. The van der Waals surface area contributed by atoms with Crippen LogP contribution in [0.1, 0.15) is 23.6 Å². The molecule has 9 N–H and O–H groups in total. The van der Waals surface area contributed by atoms with Gasteiger partial charge < -0.3 is 30.9 Å². The Morgan fingerprint density at radius 2 is 1.27 bits per heavy atom. The summed E-state index contributed by atoms with van der Waals surface area (Å²) in [5.74, 6) is -4.28. The number of hydrazine groups is 1. The number of aliphatic carboxylic acids is 4. The number of benzene rings is 1. The summed E-state index contributed by atoms with van der Waals surface area (Å²) in [6.45, 7) is 8.16. The number of rotatable bonds is 9. The third-order valence-electron chi connectivity index (χ3n) is 4.17. The van der Waals surface area contributed by atoms with Crippen molar-refractivity contribution in [3.05, 3.63) is 65.3 Å². The summed E-state index contributed by atoms with van der Waals surface area (Å²) in [5.41, 5.74) is 16.9. The summed E-state index contributed by atoms with van der Waals surface area (Å²) < 4.78 is 4.81. The van der Waals surface area contributed by atoms with E-state index in [2.05, 4.69) is 40.2 Å². The number of hydrogen-bond donors (Lipinski definition) is 8. The smallest absolute Gasteiger partial charge is 0.411 e. The molecule has 0 aliphatic carbocycles. The van der Waals surface area contributed by atoms with E-state index in [9.17, 15) is 24.0 Å². The molecule has 0 atom stereocenters. The van der Waals surface area contributed by atoms with Crippen molar-refractivity contribution >= 4 is 53.0 Å². The fourth-order valence-corrected chi connectivity index (χ4v) is 2.72. The number of carboxylic acid groups (broad SMARTS) is 4. The molecule has 0 saturated heterocycles. The molecular formula is C25H31N5O10. The van der Waals surface area contributed by atoms with Crippen molar-refractivity contribution in [2.24, 2.45) is 0 Å². The van der Waals surface area contributed by atoms with Gasteiger partial charge >= 0.3 is 30.0 Å². The number of pyridine rings is 1. The number of ether oxygens (including phenoxy) is 1. The Labute approximate surface area is 229 Å². The highest BCUT2D eigenvalue weighted by Crippen LogP contribution is 2.23. The Morgan fingerprint density at radius 1 is 0.825 bits per heavy atom. The first-order chi connectivity index (χ1) is 18.7. The van der Waals surface area contributed by atoms with E-state index in [0.717, 1.165) is 16.8 Å². The number of nitrogens with zero attached hydrogens (tertiary/aromatic N) is 1. The minimum atomic E-state index is -1.26. The standard InChI is InChI=1S/C17H23N5O2.2C4H4O4/c1-5-24-17(23)19-13-6-7-14(20-16(13)18)21-22-15-11(3)8-10(2)9-12(15)4;2*5-3(6)1-2-4(7)8/h6-9,22H,5H2,1-4H3,(H,19,23)(H3,18,20,21);2*1-2H,(H,5,6)(H,7,8)/b;2*2-1+. The molecule has 1 aromatic carbocycles. The highest BCUT2D eigenvalue weighted by atomic mass is 16.5. The van der Waals surface area contributed by atoms with Gasteiger partial charge in [-0.25, -0.2) is 29.0 Å². The lowest BCUT2D eigenvalue weighted by molar-refractivity contribution is -0.134. The van der Waals surface area contributed by atoms with Crippen molar-refractivity contribution in [2.45, 2.75) is 27.7 Å². The van der Waals surface area contributed by atoms with Gasteiger partial charge in [-0.2, -0.15) is 0 Å². The lowest BCUT2D eigenvalue weighted by Crippen LogP contribution is -2.16. The van der Waals surface area contributed by atoms with Crippen LogP contribution in [-0.4, -0.2) is 62.0 Å². The summed E-state index contributed by atoms with van der Waals surface area (Å²) in [5, 5.41) is 33.8. The number of nitrogens with one attached hydrogen (secondary N) is 3. The number of nitrogens with two attached hydrogens (primary N) is 1. The maximum Gasteiger partial charge on any atom is 0.411 e. The van der Waals surface area contributed by atoms with Crippen LogP contribution in [0.3, 0.4) is 0 Å². The summed E-state index contributed by atoms with van der Waals surface area (Å²) >= 11 is 0. The number of aryl methyl sites for hydroxylation is 3. The topological polar surface area (TPSA) is 250 Å². The van der Waals surface area contributed by atoms with Crippen LogP contribution in [0.2, 0.25) is 0 Å². The van der Waals surface area contributed by atoms with Crippen molar-refractivity contribution in [1.29, 1.82) is 0 Å². The number of carbonyl (C=O) groups excluding carboxylic acids is 1. The Kier molecular flexibility index (Phi) is 15.3. The van der Waals surface area contributed by atoms with Gasteiger partial charge in [-0.05, 0) is 51.0 Å². The zero-order valence-electron chi connectivity index (χ0n) is 22.1. The lowest BCUT2D eigenvalue weighted by atomic mass is 10.1. The number of carbonyl (C=O) groups is 5. The van der Waals surface area contributed by atoms with Crippen molar-refractivity contribution in [1.82, 2.24) is 4.98 Å². The van der Waals surface area contributed by atoms with Crippen LogP contribution in [0.25, 0.3) is 0 Å². The fourth-order valence-electron chi connectivity index (χ4n) is 2.72. The van der Waals surface area contributed by atoms with Crippen LogP contribution < -0.4 is 21.9 Å². The van der Waals surface area contributed by atoms with Crippen LogP contribution >= 0.6 is 0 Å². The summed E-state index contributed by atoms with van der Waals surface area (Å²) in [4.78, 5) is 53.8. The van der Waals surface area contributed by atoms with Gasteiger partial charge in [-0.1, -0.05) is 17.7 Å². The van der Waals surface area contributed by atoms with E-state index in [-0.39, 0.29) is 12.4 Å². The number of carboxylic acids is 4. The number of hydrogen-bond acceptors (Lipinski definition) is 10. The first kappa shape index (κ1) is 34.4. The molecule has 2 aromatic rings. The molecule has 0 radical (unpaired) electrons. The van der Waals surface area contributed by atoms with Crippen molar-refractivity contribution in [2.75, 3.05) is 28.5 Å². The van der Waals surface area contributed by atoms with E-state index >= 15 is 0 Å². The van der Waals surface area contributed by atoms with Crippen molar-refractivity contribution in [3.63, 3.8) is 0 Å². The van der Waals surface area contributed by atoms with Gasteiger partial charge in [0.1, 0.15) is 11.6 Å². The Hall–Kier alpha value is -5.60. The van der Waals surface area contributed by atoms with Crippen LogP contribution in [0, 0.1) is 20.8 Å². The van der Waals surface area contributed by atoms with Gasteiger partial charge in [0.25, 0.3) is 0 Å². The highest BCUT2D eigenvalue weighted by Gasteiger charge is 2.08. The number of nitrogen functional groups attached to an aromatic ring is 1. The molecule has 1 heterocycles. The molecule has 0 aliphatic heterocycles. The first-order valence-corrected chi connectivity index (χ1v) is 11.2. The van der Waals surface area contributed by atoms with E-state index in [1.165, 1.54) is 5.56 Å². The second-order valence-electron chi connectivity index (χ2n) is 7.52. The molecule has 216 valence electrons. The molecule has 15 nitrogen and oxygen atoms in total. The maximum absolute atomic E-state index is 11.4. The zero-order chi connectivity index (χ0) is 30.8. The number of amides is 1. The van der Waals surface area contributed by atoms with Gasteiger partial charge in [-0.3, -0.25) is 16.2 Å². The minimum absolute atomic E-state index is 0.201. The SMILES string of the molecule is CCOC(=O)Nc1ccc(NNc2c(C)cc(C)cc2C)nc1N.O=C(O)/C=C/C(=O)O.O=C(O)/C=C/C(=O)O. The van der Waals surface area contributed by atoms with E-state index in [1.807, 2.05) is 13.8 Å². The van der Waals surface area contributed by atoms with Gasteiger partial charge in [-0.15, -0.1) is 0 Å². The average Bonchev–Trinajstić information content (AvgIpc) is 2.83. The van der Waals surface area contributed by atoms with Gasteiger partial charge in [0.2, 0.25) is 0 Å². The van der Waals surface area contributed by atoms with Gasteiger partial charge in [0, 0.05) is 24.3 Å². The molecule has 40 heavy (non-hydrogen) atoms. The molecule has 15 heteroatoms. The van der Waals surface area contributed by atoms with Gasteiger partial charge in [0.05, 0.1) is 18.0 Å². The van der Waals surface area contributed by atoms with E-state index < -0.39 is 30.0 Å². The zero-order valence-corrected chi connectivity index (χ0v) is 22.1. The van der Waals surface area contributed by atoms with Crippen LogP contribution in [0.4, 0.5) is 27.8 Å². The minimum Gasteiger partial charge on any atom is -0.478 e. The summed E-state index contributed by atoms with van der Waals surface area (Å²) in [6.07, 6.45) is 1.67. The second kappa shape index (κ2) is 17.8. The fraction of sp³-hybridized carbons (Fsp3) is 0.200. The van der Waals surface area contributed by atoms with E-state index in [0.29, 0.717) is 35.8 Å². The molecule has 0 fully saturated rings. The van der Waals surface area contributed by atoms with Crippen molar-refractivity contribution in [3.8, 4) is 0 Å². The van der Waals surface area contributed by atoms with Crippen molar-refractivity contribution < 1.29 is 49.1 Å². The Balaban J connectivity index is 0.000000780. The maximum atomic E-state index is 11.4. The van der Waals surface area contributed by atoms with Gasteiger partial charge in [0.15, 0.2) is 0 Å². The normalized spacial score (nSPS) is 9.90. The molecule has 1 amide bonds. The monoisotopic (exact) mass is 561 g/mol. The number of anilines is 4. The van der Waals surface area contributed by atoms with Crippen LogP contribution in [0.15, 0.2) is 48.6 Å². The molecule has 2 rings (SSSR count). The molecule has 1 aromatic heterocycles. The lowest BCUT2D eigenvalue weighted by Gasteiger charge is -2.16. The Morgan fingerprint density at radius 3 is 1.65 bits per heavy atom. The predicted octanol–water partition coefficient (Wildman–Crippen LogP) is 3.02. The molecule has 0 bridgehead atoms. The Bertz CT molecular complexity index is 1190. The highest BCUT2D eigenvalue weighted by molar-refractivity contribution is 5.90. The van der Waals surface area contributed by atoms with Crippen LogP contribution in [0.5, 0.6) is 0 Å². The average molecular weight is 562 g/mol. The molecule has 0 saturated carbocycles. The third kappa shape index (κ3) is 15.5. The molecule has 0 unspecified atom stereocenters. The van der Waals surface area contributed by atoms with E-state index in [4.69, 9.17) is 30.9 Å². The number of aromatic nitrogens is 1. The predicted molar refractivity (Wildman–Crippen MR) is 146 cm³/mol. The van der Waals surface area contributed by atoms with Crippen LogP contribution in [-0.2, 0) is 23.9 Å². The first-order valence-electron chi connectivity index (χ1n) is 11.2. The quantitative estimate of drug-likeness (QED) is 0.162. The van der Waals surface area contributed by atoms with E-state index in [1.54, 1.807) is 19.1 Å².